The molecule has 3 nitrogen and oxygen atoms in total. The molecule has 0 heterocycles. The zero-order valence-electron chi connectivity index (χ0n) is 11.6. The number of amides is 1. The van der Waals surface area contributed by atoms with Crippen LogP contribution in [0, 0.1) is 5.92 Å². The van der Waals surface area contributed by atoms with Crippen LogP contribution >= 0.6 is 0 Å². The van der Waals surface area contributed by atoms with E-state index in [1.807, 2.05) is 24.3 Å². The van der Waals surface area contributed by atoms with Gasteiger partial charge in [-0.15, -0.1) is 0 Å². The van der Waals surface area contributed by atoms with Crippen molar-refractivity contribution in [1.29, 1.82) is 0 Å². The predicted molar refractivity (Wildman–Crippen MR) is 74.6 cm³/mol. The second kappa shape index (κ2) is 5.87. The molecule has 1 aromatic rings. The summed E-state index contributed by atoms with van der Waals surface area (Å²) in [7, 11) is 1.69. The summed E-state index contributed by atoms with van der Waals surface area (Å²) in [4.78, 5) is 13.9. The molecule has 0 atom stereocenters. The molecule has 110 valence electrons. The molecule has 1 amide bonds. The van der Waals surface area contributed by atoms with Crippen molar-refractivity contribution in [3.8, 4) is 0 Å². The minimum atomic E-state index is -2.60. The number of nitrogens with two attached hydrogens (primary N) is 1. The molecule has 2 N–H and O–H groups in total. The van der Waals surface area contributed by atoms with Gasteiger partial charge in [0.2, 0.25) is 11.8 Å². The summed E-state index contributed by atoms with van der Waals surface area (Å²) in [6.07, 6.45) is 0.125. The van der Waals surface area contributed by atoms with Crippen molar-refractivity contribution in [2.75, 3.05) is 11.9 Å². The zero-order valence-corrected chi connectivity index (χ0v) is 11.6. The van der Waals surface area contributed by atoms with Crippen LogP contribution in [0.1, 0.15) is 31.2 Å². The van der Waals surface area contributed by atoms with Gasteiger partial charge in [0.25, 0.3) is 0 Å². The van der Waals surface area contributed by atoms with Crippen LogP contribution in [0.5, 0.6) is 0 Å². The second-order valence-corrected chi connectivity index (χ2v) is 5.40. The van der Waals surface area contributed by atoms with Gasteiger partial charge in [-0.3, -0.25) is 4.79 Å². The summed E-state index contributed by atoms with van der Waals surface area (Å²) < 4.78 is 26.3. The van der Waals surface area contributed by atoms with Crippen molar-refractivity contribution < 1.29 is 13.6 Å². The smallest absolute Gasteiger partial charge is 0.248 e. The van der Waals surface area contributed by atoms with Crippen LogP contribution in [0.2, 0.25) is 0 Å². The molecule has 20 heavy (non-hydrogen) atoms. The van der Waals surface area contributed by atoms with Crippen molar-refractivity contribution in [1.82, 2.24) is 0 Å². The summed E-state index contributed by atoms with van der Waals surface area (Å²) >= 11 is 0. The number of anilines is 1. The topological polar surface area (TPSA) is 46.3 Å². The Bertz CT molecular complexity index is 481. The molecular formula is C15H20F2N2O. The van der Waals surface area contributed by atoms with Gasteiger partial charge in [-0.2, -0.15) is 0 Å². The highest BCUT2D eigenvalue weighted by molar-refractivity contribution is 5.94. The lowest BCUT2D eigenvalue weighted by Crippen LogP contribution is -2.37. The van der Waals surface area contributed by atoms with E-state index < -0.39 is 5.92 Å². The third kappa shape index (κ3) is 3.33. The molecule has 0 saturated heterocycles. The van der Waals surface area contributed by atoms with E-state index in [0.717, 1.165) is 11.3 Å². The molecule has 0 radical (unpaired) electrons. The maximum Gasteiger partial charge on any atom is 0.248 e. The average Bonchev–Trinajstić information content (AvgIpc) is 2.46. The first kappa shape index (κ1) is 14.9. The second-order valence-electron chi connectivity index (χ2n) is 5.40. The lowest BCUT2D eigenvalue weighted by molar-refractivity contribution is -0.126. The van der Waals surface area contributed by atoms with Crippen molar-refractivity contribution in [3.63, 3.8) is 0 Å². The van der Waals surface area contributed by atoms with E-state index >= 15 is 0 Å². The summed E-state index contributed by atoms with van der Waals surface area (Å²) in [5.41, 5.74) is 7.28. The molecular weight excluding hydrogens is 262 g/mol. The van der Waals surface area contributed by atoms with Crippen molar-refractivity contribution >= 4 is 11.6 Å². The van der Waals surface area contributed by atoms with E-state index in [4.69, 9.17) is 5.73 Å². The molecule has 1 saturated carbocycles. The highest BCUT2D eigenvalue weighted by atomic mass is 19.3. The van der Waals surface area contributed by atoms with Gasteiger partial charge in [0, 0.05) is 38.0 Å². The Kier molecular flexibility index (Phi) is 4.38. The molecule has 2 rings (SSSR count). The van der Waals surface area contributed by atoms with Crippen LogP contribution in [0.15, 0.2) is 24.3 Å². The van der Waals surface area contributed by atoms with Crippen molar-refractivity contribution in [2.45, 2.75) is 38.2 Å². The molecule has 1 fully saturated rings. The molecule has 1 aliphatic carbocycles. The third-order valence-corrected chi connectivity index (χ3v) is 3.93. The number of hydrogen-bond acceptors (Lipinski definition) is 2. The maximum absolute atomic E-state index is 13.1. The van der Waals surface area contributed by atoms with Gasteiger partial charge < -0.3 is 10.6 Å². The van der Waals surface area contributed by atoms with Crippen LogP contribution in [0.4, 0.5) is 14.5 Å². The first-order chi connectivity index (χ1) is 9.43. The van der Waals surface area contributed by atoms with Gasteiger partial charge >= 0.3 is 0 Å². The Labute approximate surface area is 117 Å². The van der Waals surface area contributed by atoms with Crippen molar-refractivity contribution in [3.05, 3.63) is 29.8 Å². The third-order valence-electron chi connectivity index (χ3n) is 3.93. The lowest BCUT2D eigenvalue weighted by Gasteiger charge is -2.30. The number of alkyl halides is 2. The first-order valence-electron chi connectivity index (χ1n) is 6.87. The summed E-state index contributed by atoms with van der Waals surface area (Å²) in [5, 5.41) is 0. The van der Waals surface area contributed by atoms with Crippen LogP contribution in [0.3, 0.4) is 0 Å². The maximum atomic E-state index is 13.1. The van der Waals surface area contributed by atoms with Crippen molar-refractivity contribution in [2.24, 2.45) is 11.7 Å². The SMILES string of the molecule is CN(C(=O)C1CCC(F)(F)CC1)c1cccc(CN)c1. The first-order valence-corrected chi connectivity index (χ1v) is 6.87. The number of nitrogens with zero attached hydrogens (tertiary/aromatic N) is 1. The molecule has 0 unspecified atom stereocenters. The van der Waals surface area contributed by atoms with E-state index in [0.29, 0.717) is 6.54 Å². The highest BCUT2D eigenvalue weighted by Gasteiger charge is 2.38. The van der Waals surface area contributed by atoms with E-state index in [-0.39, 0.29) is 37.5 Å². The Morgan fingerprint density at radius 3 is 2.65 bits per heavy atom. The standard InChI is InChI=1S/C15H20F2N2O/c1-19(13-4-2-3-11(9-13)10-18)14(20)12-5-7-15(16,17)8-6-12/h2-4,9,12H,5-8,10,18H2,1H3. The predicted octanol–water partition coefficient (Wildman–Crippen LogP) is 2.93. The van der Waals surface area contributed by atoms with Gasteiger partial charge in [0.05, 0.1) is 0 Å². The average molecular weight is 282 g/mol. The minimum Gasteiger partial charge on any atom is -0.326 e. The quantitative estimate of drug-likeness (QED) is 0.926. The largest absolute Gasteiger partial charge is 0.326 e. The minimum absolute atomic E-state index is 0.0883. The van der Waals surface area contributed by atoms with Crippen LogP contribution in [-0.2, 0) is 11.3 Å². The lowest BCUT2D eigenvalue weighted by atomic mass is 9.86. The molecule has 1 aliphatic rings. The van der Waals surface area contributed by atoms with Crippen LogP contribution in [0.25, 0.3) is 0 Å². The number of halogens is 2. The highest BCUT2D eigenvalue weighted by Crippen LogP contribution is 2.37. The van der Waals surface area contributed by atoms with Crippen LogP contribution in [-0.4, -0.2) is 18.9 Å². The van der Waals surface area contributed by atoms with Gasteiger partial charge in [-0.25, -0.2) is 8.78 Å². The number of hydrogen-bond donors (Lipinski definition) is 1. The summed E-state index contributed by atoms with van der Waals surface area (Å²) in [6.45, 7) is 0.408. The molecule has 0 aliphatic heterocycles. The van der Waals surface area contributed by atoms with Gasteiger partial charge in [0.1, 0.15) is 0 Å². The van der Waals surface area contributed by atoms with Crippen LogP contribution < -0.4 is 10.6 Å². The Hall–Kier alpha value is -1.49. The number of rotatable bonds is 3. The Morgan fingerprint density at radius 1 is 1.40 bits per heavy atom. The number of carbonyl (C=O) groups is 1. The Morgan fingerprint density at radius 2 is 2.05 bits per heavy atom. The summed E-state index contributed by atoms with van der Waals surface area (Å²) in [6, 6.07) is 7.42. The molecule has 0 aromatic heterocycles. The number of benzene rings is 1. The van der Waals surface area contributed by atoms with Gasteiger partial charge in [-0.1, -0.05) is 12.1 Å². The normalized spacial score (nSPS) is 18.8. The zero-order chi connectivity index (χ0) is 14.8. The van der Waals surface area contributed by atoms with Gasteiger partial charge in [-0.05, 0) is 30.5 Å². The fourth-order valence-corrected chi connectivity index (χ4v) is 2.58. The Balaban J connectivity index is 2.05. The molecule has 5 heteroatoms. The fraction of sp³-hybridized carbons (Fsp3) is 0.533. The van der Waals surface area contributed by atoms with E-state index in [1.165, 1.54) is 0 Å². The van der Waals surface area contributed by atoms with E-state index in [2.05, 4.69) is 0 Å². The molecule has 0 spiro atoms. The molecule has 1 aromatic carbocycles. The summed E-state index contributed by atoms with van der Waals surface area (Å²) in [5.74, 6) is -3.00. The number of carbonyl (C=O) groups excluding carboxylic acids is 1. The monoisotopic (exact) mass is 282 g/mol. The van der Waals surface area contributed by atoms with Gasteiger partial charge in [0.15, 0.2) is 0 Å². The van der Waals surface area contributed by atoms with E-state index in [9.17, 15) is 13.6 Å². The fourth-order valence-electron chi connectivity index (χ4n) is 2.58. The van der Waals surface area contributed by atoms with E-state index in [1.54, 1.807) is 11.9 Å². The molecule has 0 bridgehead atoms.